The molecular weight excluding hydrogens is 392 g/mol. The maximum atomic E-state index is 11.5. The van der Waals surface area contributed by atoms with Crippen LogP contribution in [-0.2, 0) is 9.47 Å². The molecule has 2 heterocycles. The second-order valence-corrected chi connectivity index (χ2v) is 7.44. The first kappa shape index (κ1) is 20.5. The number of hydrogen-bond acceptors (Lipinski definition) is 4. The minimum absolute atomic E-state index is 0.0508. The van der Waals surface area contributed by atoms with Crippen molar-refractivity contribution in [2.75, 3.05) is 0 Å². The number of cyclic esters (lactones) is 2. The van der Waals surface area contributed by atoms with Crippen LogP contribution in [0, 0.1) is 0 Å². The number of ether oxygens (including phenoxy) is 2. The first-order valence-electron chi connectivity index (χ1n) is 10.2. The molecule has 2 aliphatic rings. The number of nitrogens with one attached hydrogen (secondary N) is 2. The van der Waals surface area contributed by atoms with E-state index in [4.69, 9.17) is 9.47 Å². The van der Waals surface area contributed by atoms with E-state index in [2.05, 4.69) is 10.6 Å². The Bertz CT molecular complexity index is 962. The summed E-state index contributed by atoms with van der Waals surface area (Å²) in [5, 5.41) is 5.56. The summed E-state index contributed by atoms with van der Waals surface area (Å²) in [5.41, 5.74) is 3.09. The Labute approximate surface area is 181 Å². The van der Waals surface area contributed by atoms with Crippen LogP contribution in [0.1, 0.15) is 41.9 Å². The van der Waals surface area contributed by atoms with Gasteiger partial charge >= 0.3 is 12.2 Å². The van der Waals surface area contributed by atoms with Crippen molar-refractivity contribution >= 4 is 12.2 Å². The highest BCUT2D eigenvalue weighted by molar-refractivity contribution is 5.71. The molecule has 6 heteroatoms. The third kappa shape index (κ3) is 4.86. The molecule has 0 spiro atoms. The van der Waals surface area contributed by atoms with Crippen molar-refractivity contribution in [3.8, 4) is 0 Å². The Morgan fingerprint density at radius 1 is 0.581 bits per heavy atom. The molecule has 2 aliphatic heterocycles. The molecule has 4 atom stereocenters. The van der Waals surface area contributed by atoms with Crippen LogP contribution in [-0.4, -0.2) is 18.2 Å². The lowest BCUT2D eigenvalue weighted by atomic mass is 9.97. The number of alkyl carbamates (subject to hydrolysis) is 2. The highest BCUT2D eigenvalue weighted by atomic mass is 16.6. The molecule has 6 nitrogen and oxygen atoms in total. The minimum atomic E-state index is -0.363. The molecule has 0 radical (unpaired) electrons. The fourth-order valence-electron chi connectivity index (χ4n) is 3.75. The van der Waals surface area contributed by atoms with Crippen molar-refractivity contribution in [2.45, 2.75) is 31.2 Å². The van der Waals surface area contributed by atoms with Crippen molar-refractivity contribution in [3.63, 3.8) is 0 Å². The van der Waals surface area contributed by atoms with Crippen LogP contribution in [0.5, 0.6) is 0 Å². The topological polar surface area (TPSA) is 76.7 Å². The molecular formula is C25H24N2O4. The Balaban J connectivity index is 0.000000158. The Morgan fingerprint density at radius 3 is 1.48 bits per heavy atom. The fraction of sp³-hybridized carbons (Fsp3) is 0.200. The van der Waals surface area contributed by atoms with Gasteiger partial charge in [-0.1, -0.05) is 91.0 Å². The molecule has 0 saturated carbocycles. The number of rotatable bonds is 3. The van der Waals surface area contributed by atoms with Crippen LogP contribution in [0.3, 0.4) is 0 Å². The van der Waals surface area contributed by atoms with Gasteiger partial charge in [0.05, 0.1) is 12.1 Å². The van der Waals surface area contributed by atoms with Crippen LogP contribution in [0.15, 0.2) is 91.0 Å². The van der Waals surface area contributed by atoms with E-state index in [1.54, 1.807) is 0 Å². The van der Waals surface area contributed by atoms with Gasteiger partial charge in [0.2, 0.25) is 0 Å². The zero-order valence-corrected chi connectivity index (χ0v) is 17.1. The van der Waals surface area contributed by atoms with E-state index >= 15 is 0 Å². The predicted molar refractivity (Wildman–Crippen MR) is 116 cm³/mol. The zero-order chi connectivity index (χ0) is 21.6. The number of benzene rings is 3. The van der Waals surface area contributed by atoms with Crippen LogP contribution < -0.4 is 10.6 Å². The average molecular weight is 416 g/mol. The molecule has 0 aliphatic carbocycles. The summed E-state index contributed by atoms with van der Waals surface area (Å²) in [6.07, 6.45) is -1.10. The van der Waals surface area contributed by atoms with Gasteiger partial charge in [0.15, 0.2) is 6.10 Å². The van der Waals surface area contributed by atoms with Crippen LogP contribution in [0.2, 0.25) is 0 Å². The second kappa shape index (κ2) is 9.34. The summed E-state index contributed by atoms with van der Waals surface area (Å²) < 4.78 is 10.5. The third-order valence-corrected chi connectivity index (χ3v) is 5.26. The van der Waals surface area contributed by atoms with Crippen LogP contribution >= 0.6 is 0 Å². The molecule has 0 bridgehead atoms. The van der Waals surface area contributed by atoms with Gasteiger partial charge in [0.25, 0.3) is 0 Å². The zero-order valence-electron chi connectivity index (χ0n) is 17.1. The molecule has 3 aromatic carbocycles. The predicted octanol–water partition coefficient (Wildman–Crippen LogP) is 5.06. The molecule has 2 amide bonds. The molecule has 0 aromatic heterocycles. The molecule has 5 rings (SSSR count). The van der Waals surface area contributed by atoms with Crippen molar-refractivity contribution in [3.05, 3.63) is 108 Å². The number of hydrogen-bond donors (Lipinski definition) is 2. The van der Waals surface area contributed by atoms with Gasteiger partial charge in [-0.2, -0.15) is 0 Å². The average Bonchev–Trinajstić information content (AvgIpc) is 3.37. The molecule has 2 fully saturated rings. The van der Waals surface area contributed by atoms with Gasteiger partial charge < -0.3 is 20.1 Å². The normalized spacial score (nSPS) is 24.2. The van der Waals surface area contributed by atoms with E-state index < -0.39 is 0 Å². The third-order valence-electron chi connectivity index (χ3n) is 5.26. The summed E-state index contributed by atoms with van der Waals surface area (Å²) in [4.78, 5) is 22.4. The Kier molecular flexibility index (Phi) is 6.17. The summed E-state index contributed by atoms with van der Waals surface area (Å²) in [7, 11) is 0. The maximum Gasteiger partial charge on any atom is 0.408 e. The van der Waals surface area contributed by atoms with E-state index in [1.165, 1.54) is 0 Å². The second-order valence-electron chi connectivity index (χ2n) is 7.44. The van der Waals surface area contributed by atoms with Gasteiger partial charge in [0, 0.05) is 0 Å². The summed E-state index contributed by atoms with van der Waals surface area (Å²) >= 11 is 0. The lowest BCUT2D eigenvalue weighted by Crippen LogP contribution is -2.23. The first-order valence-corrected chi connectivity index (χ1v) is 10.2. The summed E-state index contributed by atoms with van der Waals surface area (Å²) in [5.74, 6) is 0. The van der Waals surface area contributed by atoms with E-state index in [-0.39, 0.29) is 36.5 Å². The molecule has 2 N–H and O–H groups in total. The molecule has 2 unspecified atom stereocenters. The highest BCUT2D eigenvalue weighted by Crippen LogP contribution is 2.36. The Morgan fingerprint density at radius 2 is 1.00 bits per heavy atom. The van der Waals surface area contributed by atoms with Gasteiger partial charge in [0.1, 0.15) is 6.10 Å². The quantitative estimate of drug-likeness (QED) is 0.625. The molecule has 2 saturated heterocycles. The maximum absolute atomic E-state index is 11.5. The van der Waals surface area contributed by atoms with Crippen LogP contribution in [0.25, 0.3) is 0 Å². The lowest BCUT2D eigenvalue weighted by molar-refractivity contribution is 0.132. The largest absolute Gasteiger partial charge is 0.439 e. The number of carbonyl (C=O) groups excluding carboxylic acids is 2. The number of carbonyl (C=O) groups is 2. The van der Waals surface area contributed by atoms with Crippen molar-refractivity contribution in [1.82, 2.24) is 10.6 Å². The van der Waals surface area contributed by atoms with E-state index in [0.29, 0.717) is 0 Å². The number of amides is 2. The van der Waals surface area contributed by atoms with Gasteiger partial charge in [-0.05, 0) is 23.6 Å². The highest BCUT2D eigenvalue weighted by Gasteiger charge is 2.36. The first-order chi connectivity index (χ1) is 15.1. The van der Waals surface area contributed by atoms with Crippen molar-refractivity contribution in [2.24, 2.45) is 0 Å². The molecule has 31 heavy (non-hydrogen) atoms. The van der Waals surface area contributed by atoms with E-state index in [1.807, 2.05) is 97.9 Å². The van der Waals surface area contributed by atoms with Crippen molar-refractivity contribution < 1.29 is 19.1 Å². The van der Waals surface area contributed by atoms with Crippen LogP contribution in [0.4, 0.5) is 9.59 Å². The summed E-state index contributed by atoms with van der Waals surface area (Å²) in [6, 6.07) is 29.3. The smallest absolute Gasteiger partial charge is 0.408 e. The lowest BCUT2D eigenvalue weighted by Gasteiger charge is -2.17. The molecule has 3 aromatic rings. The van der Waals surface area contributed by atoms with Gasteiger partial charge in [-0.3, -0.25) is 0 Å². The van der Waals surface area contributed by atoms with E-state index in [9.17, 15) is 9.59 Å². The van der Waals surface area contributed by atoms with Gasteiger partial charge in [-0.25, -0.2) is 9.59 Å². The van der Waals surface area contributed by atoms with E-state index in [0.717, 1.165) is 16.7 Å². The van der Waals surface area contributed by atoms with Crippen molar-refractivity contribution in [1.29, 1.82) is 0 Å². The Hall–Kier alpha value is -3.80. The monoisotopic (exact) mass is 416 g/mol. The minimum Gasteiger partial charge on any atom is -0.439 e. The molecule has 158 valence electrons. The standard InChI is InChI=1S/C15H13NO2.C10H11NO2/c17-15-16-13(11-7-3-1-4-8-11)14(18-15)12-9-5-2-6-10-12;1-7-9(13-10(12)11-7)8-5-3-2-4-6-8/h1-10,13-14H,(H,16,17);2-7,9H,1H3,(H,11,12)/t13-,14+;/m0./s1. The summed E-state index contributed by atoms with van der Waals surface area (Å²) in [6.45, 7) is 1.93. The SMILES string of the molecule is CC1NC(=O)OC1c1ccccc1.O=C1N[C@@H](c2ccccc2)[C@@H](c2ccccc2)O1. The fourth-order valence-corrected chi connectivity index (χ4v) is 3.75. The van der Waals surface area contributed by atoms with Gasteiger partial charge in [-0.15, -0.1) is 0 Å².